The smallest absolute Gasteiger partial charge is 0.242 e. The molecular formula is C22H35N5O3S. The van der Waals surface area contributed by atoms with Gasteiger partial charge >= 0.3 is 0 Å². The lowest BCUT2D eigenvalue weighted by Crippen LogP contribution is -2.43. The van der Waals surface area contributed by atoms with Crippen molar-refractivity contribution in [2.75, 3.05) is 33.7 Å². The lowest BCUT2D eigenvalue weighted by Gasteiger charge is -2.29. The Morgan fingerprint density at radius 3 is 2.58 bits per heavy atom. The van der Waals surface area contributed by atoms with Gasteiger partial charge in [0, 0.05) is 46.1 Å². The van der Waals surface area contributed by atoms with Gasteiger partial charge in [0.2, 0.25) is 15.9 Å². The van der Waals surface area contributed by atoms with Crippen molar-refractivity contribution >= 4 is 27.0 Å². The zero-order chi connectivity index (χ0) is 22.6. The first-order valence-corrected chi connectivity index (χ1v) is 12.6. The molecule has 0 saturated carbocycles. The highest BCUT2D eigenvalue weighted by Gasteiger charge is 2.20. The number of fused-ring (bicyclic) bond motifs is 1. The number of likely N-dealkylation sites (tertiary alicyclic amines) is 1. The Hall–Kier alpha value is -1.97. The van der Waals surface area contributed by atoms with E-state index in [-0.39, 0.29) is 16.8 Å². The summed E-state index contributed by atoms with van der Waals surface area (Å²) >= 11 is 0. The highest BCUT2D eigenvalue weighted by atomic mass is 32.2. The third-order valence-corrected chi connectivity index (χ3v) is 7.67. The van der Waals surface area contributed by atoms with Gasteiger partial charge in [-0.3, -0.25) is 4.79 Å². The molecule has 0 spiro atoms. The Labute approximate surface area is 185 Å². The second-order valence-corrected chi connectivity index (χ2v) is 10.7. The Kier molecular flexibility index (Phi) is 7.72. The van der Waals surface area contributed by atoms with Crippen molar-refractivity contribution in [3.8, 4) is 0 Å². The number of benzene rings is 1. The zero-order valence-corrected chi connectivity index (χ0v) is 19.9. The van der Waals surface area contributed by atoms with Gasteiger partial charge < -0.3 is 14.8 Å². The maximum Gasteiger partial charge on any atom is 0.242 e. The minimum Gasteiger partial charge on any atom is -0.352 e. The second-order valence-electron chi connectivity index (χ2n) is 8.54. The highest BCUT2D eigenvalue weighted by molar-refractivity contribution is 7.89. The number of rotatable bonds is 9. The van der Waals surface area contributed by atoms with E-state index in [0.29, 0.717) is 24.9 Å². The van der Waals surface area contributed by atoms with E-state index >= 15 is 0 Å². The van der Waals surface area contributed by atoms with Gasteiger partial charge in [0.05, 0.1) is 15.9 Å². The summed E-state index contributed by atoms with van der Waals surface area (Å²) in [5.41, 5.74) is 1.52. The molecule has 1 saturated heterocycles. The standard InChI is InChI=1S/C22H35N5O3S/c1-5-27-20-10-9-18(31(29,30)25(3)4)15-19(20)24-21(27)11-12-22(28)23-17(2)16-26-13-7-6-8-14-26/h9-10,15,17H,5-8,11-14,16H2,1-4H3,(H,23,28). The van der Waals surface area contributed by atoms with Gasteiger partial charge in [-0.15, -0.1) is 0 Å². The van der Waals surface area contributed by atoms with Crippen LogP contribution in [-0.2, 0) is 27.8 Å². The monoisotopic (exact) mass is 449 g/mol. The van der Waals surface area contributed by atoms with E-state index in [1.54, 1.807) is 18.2 Å². The molecular weight excluding hydrogens is 414 g/mol. The molecule has 1 amide bonds. The number of nitrogens with one attached hydrogen (secondary N) is 1. The first-order chi connectivity index (χ1) is 14.7. The number of imidazole rings is 1. The molecule has 1 N–H and O–H groups in total. The molecule has 1 aromatic carbocycles. The average Bonchev–Trinajstić information content (AvgIpc) is 3.09. The number of carbonyl (C=O) groups is 1. The Balaban J connectivity index is 1.65. The van der Waals surface area contributed by atoms with E-state index in [0.717, 1.165) is 31.0 Å². The van der Waals surface area contributed by atoms with Crippen LogP contribution in [0.1, 0.15) is 45.4 Å². The van der Waals surface area contributed by atoms with Crippen LogP contribution in [-0.4, -0.2) is 72.9 Å². The first-order valence-electron chi connectivity index (χ1n) is 11.2. The predicted molar refractivity (Wildman–Crippen MR) is 122 cm³/mol. The van der Waals surface area contributed by atoms with Crippen molar-refractivity contribution in [2.45, 2.75) is 63.4 Å². The molecule has 172 valence electrons. The number of amides is 1. The fourth-order valence-corrected chi connectivity index (χ4v) is 5.14. The van der Waals surface area contributed by atoms with E-state index in [2.05, 4.69) is 22.1 Å². The number of aryl methyl sites for hydroxylation is 2. The summed E-state index contributed by atoms with van der Waals surface area (Å²) in [4.78, 5) is 19.8. The molecule has 9 heteroatoms. The summed E-state index contributed by atoms with van der Waals surface area (Å²) in [7, 11) is -0.486. The molecule has 1 unspecified atom stereocenters. The molecule has 1 fully saturated rings. The maximum absolute atomic E-state index is 12.5. The lowest BCUT2D eigenvalue weighted by molar-refractivity contribution is -0.121. The molecule has 2 heterocycles. The van der Waals surface area contributed by atoms with Crippen LogP contribution in [0.25, 0.3) is 11.0 Å². The molecule has 2 aromatic rings. The maximum atomic E-state index is 12.5. The topological polar surface area (TPSA) is 87.5 Å². The van der Waals surface area contributed by atoms with Gasteiger partial charge in [-0.1, -0.05) is 6.42 Å². The number of nitrogens with zero attached hydrogens (tertiary/aromatic N) is 4. The molecule has 1 aliphatic heterocycles. The third-order valence-electron chi connectivity index (χ3n) is 5.86. The van der Waals surface area contributed by atoms with E-state index in [1.165, 1.54) is 37.7 Å². The zero-order valence-electron chi connectivity index (χ0n) is 19.1. The summed E-state index contributed by atoms with van der Waals surface area (Å²) in [5.74, 6) is 0.825. The molecule has 1 aliphatic rings. The highest BCUT2D eigenvalue weighted by Crippen LogP contribution is 2.22. The van der Waals surface area contributed by atoms with Gasteiger partial charge in [-0.25, -0.2) is 17.7 Å². The Bertz CT molecular complexity index is 1010. The molecule has 3 rings (SSSR count). The van der Waals surface area contributed by atoms with Gasteiger partial charge in [0.1, 0.15) is 5.82 Å². The van der Waals surface area contributed by atoms with Crippen molar-refractivity contribution in [3.63, 3.8) is 0 Å². The minimum atomic E-state index is -3.51. The lowest BCUT2D eigenvalue weighted by atomic mass is 10.1. The van der Waals surface area contributed by atoms with E-state index in [1.807, 2.05) is 11.5 Å². The molecule has 0 aliphatic carbocycles. The number of hydrogen-bond donors (Lipinski definition) is 1. The molecule has 0 bridgehead atoms. The quantitative estimate of drug-likeness (QED) is 0.634. The predicted octanol–water partition coefficient (Wildman–Crippen LogP) is 2.23. The van der Waals surface area contributed by atoms with Crippen LogP contribution in [0.2, 0.25) is 0 Å². The number of piperidine rings is 1. The van der Waals surface area contributed by atoms with E-state index in [9.17, 15) is 13.2 Å². The Morgan fingerprint density at radius 2 is 1.94 bits per heavy atom. The third kappa shape index (κ3) is 5.64. The normalized spacial score (nSPS) is 16.7. The van der Waals surface area contributed by atoms with Crippen LogP contribution >= 0.6 is 0 Å². The fourth-order valence-electron chi connectivity index (χ4n) is 4.22. The van der Waals surface area contributed by atoms with Crippen LogP contribution in [0, 0.1) is 0 Å². The number of hydrogen-bond acceptors (Lipinski definition) is 5. The van der Waals surface area contributed by atoms with Gasteiger partial charge in [-0.2, -0.15) is 0 Å². The second kappa shape index (κ2) is 10.1. The molecule has 31 heavy (non-hydrogen) atoms. The summed E-state index contributed by atoms with van der Waals surface area (Å²) in [5, 5.41) is 3.11. The van der Waals surface area contributed by atoms with Crippen molar-refractivity contribution in [1.82, 2.24) is 24.1 Å². The number of sulfonamides is 1. The van der Waals surface area contributed by atoms with Gasteiger partial charge in [0.15, 0.2) is 0 Å². The first kappa shape index (κ1) is 23.7. The summed E-state index contributed by atoms with van der Waals surface area (Å²) in [6.07, 6.45) is 4.66. The van der Waals surface area contributed by atoms with Crippen molar-refractivity contribution < 1.29 is 13.2 Å². The SMILES string of the molecule is CCn1c(CCC(=O)NC(C)CN2CCCCC2)nc2cc(S(=O)(=O)N(C)C)ccc21. The summed E-state index contributed by atoms with van der Waals surface area (Å²) in [6, 6.07) is 5.15. The molecule has 1 atom stereocenters. The van der Waals surface area contributed by atoms with Crippen LogP contribution < -0.4 is 5.32 Å². The molecule has 1 aromatic heterocycles. The van der Waals surface area contributed by atoms with E-state index in [4.69, 9.17) is 0 Å². The van der Waals surface area contributed by atoms with Crippen molar-refractivity contribution in [3.05, 3.63) is 24.0 Å². The minimum absolute atomic E-state index is 0.0232. The Morgan fingerprint density at radius 1 is 1.23 bits per heavy atom. The summed E-state index contributed by atoms with van der Waals surface area (Å²) in [6.45, 7) is 7.91. The largest absolute Gasteiger partial charge is 0.352 e. The van der Waals surface area contributed by atoms with Gasteiger partial charge in [-0.05, 0) is 58.0 Å². The van der Waals surface area contributed by atoms with Crippen LogP contribution in [0.5, 0.6) is 0 Å². The van der Waals surface area contributed by atoms with Crippen molar-refractivity contribution in [2.24, 2.45) is 0 Å². The van der Waals surface area contributed by atoms with Crippen LogP contribution in [0.15, 0.2) is 23.1 Å². The molecule has 8 nitrogen and oxygen atoms in total. The van der Waals surface area contributed by atoms with Crippen molar-refractivity contribution in [1.29, 1.82) is 0 Å². The molecule has 0 radical (unpaired) electrons. The van der Waals surface area contributed by atoms with E-state index < -0.39 is 10.0 Å². The van der Waals surface area contributed by atoms with Gasteiger partial charge in [0.25, 0.3) is 0 Å². The average molecular weight is 450 g/mol. The number of carbonyl (C=O) groups excluding carboxylic acids is 1. The van der Waals surface area contributed by atoms with Crippen LogP contribution in [0.4, 0.5) is 0 Å². The fraction of sp³-hybridized carbons (Fsp3) is 0.636. The van der Waals surface area contributed by atoms with Crippen LogP contribution in [0.3, 0.4) is 0 Å². The number of aromatic nitrogens is 2. The summed E-state index contributed by atoms with van der Waals surface area (Å²) < 4.78 is 28.1.